The van der Waals surface area contributed by atoms with Gasteiger partial charge in [0.2, 0.25) is 0 Å². The summed E-state index contributed by atoms with van der Waals surface area (Å²) in [4.78, 5) is 0. The van der Waals surface area contributed by atoms with E-state index in [1.165, 1.54) is 0 Å². The van der Waals surface area contributed by atoms with Crippen molar-refractivity contribution in [3.8, 4) is 17.1 Å². The van der Waals surface area contributed by atoms with Gasteiger partial charge in [-0.15, -0.1) is 0 Å². The largest absolute Gasteiger partial charge is 0.496 e. The van der Waals surface area contributed by atoms with Crippen molar-refractivity contribution in [2.45, 2.75) is 6.54 Å². The Bertz CT molecular complexity index is 891. The number of benzene rings is 2. The topological polar surface area (TPSA) is 46.8 Å². The Balaban J connectivity index is 1.65. The van der Waals surface area contributed by atoms with Crippen molar-refractivity contribution in [1.82, 2.24) is 5.43 Å². The number of furan rings is 1. The third-order valence-electron chi connectivity index (χ3n) is 3.57. The molecule has 3 aromatic rings. The summed E-state index contributed by atoms with van der Waals surface area (Å²) in [6.45, 7) is 0.550. The highest BCUT2D eigenvalue weighted by molar-refractivity contribution is 6.35. The molecule has 6 heteroatoms. The lowest BCUT2D eigenvalue weighted by Crippen LogP contribution is -2.06. The first kappa shape index (κ1) is 17.4. The average molecular weight is 375 g/mol. The van der Waals surface area contributed by atoms with Gasteiger partial charge >= 0.3 is 0 Å². The van der Waals surface area contributed by atoms with Gasteiger partial charge in [0, 0.05) is 16.1 Å². The normalized spacial score (nSPS) is 11.0. The Hall–Kier alpha value is -2.43. The van der Waals surface area contributed by atoms with Gasteiger partial charge in [0.15, 0.2) is 0 Å². The fraction of sp³-hybridized carbons (Fsp3) is 0.105. The van der Waals surface area contributed by atoms with Crippen molar-refractivity contribution in [1.29, 1.82) is 0 Å². The number of hydrogen-bond donors (Lipinski definition) is 1. The highest BCUT2D eigenvalue weighted by Crippen LogP contribution is 2.31. The summed E-state index contributed by atoms with van der Waals surface area (Å²) >= 11 is 12.2. The number of para-hydroxylation sites is 1. The molecule has 0 fully saturated rings. The van der Waals surface area contributed by atoms with Gasteiger partial charge in [-0.2, -0.15) is 5.10 Å². The van der Waals surface area contributed by atoms with Crippen LogP contribution in [0.25, 0.3) is 11.3 Å². The lowest BCUT2D eigenvalue weighted by atomic mass is 10.2. The number of hydrazone groups is 1. The molecule has 1 N–H and O–H groups in total. The molecule has 0 saturated heterocycles. The zero-order valence-electron chi connectivity index (χ0n) is 13.5. The lowest BCUT2D eigenvalue weighted by molar-refractivity contribution is 0.408. The summed E-state index contributed by atoms with van der Waals surface area (Å²) < 4.78 is 11.0. The molecule has 0 bridgehead atoms. The van der Waals surface area contributed by atoms with Crippen LogP contribution in [0.3, 0.4) is 0 Å². The molecule has 0 atom stereocenters. The molecule has 1 aromatic heterocycles. The quantitative estimate of drug-likeness (QED) is 0.464. The molecule has 0 amide bonds. The van der Waals surface area contributed by atoms with Crippen molar-refractivity contribution in [3.63, 3.8) is 0 Å². The van der Waals surface area contributed by atoms with Crippen LogP contribution in [0.1, 0.15) is 11.3 Å². The smallest absolute Gasteiger partial charge is 0.147 e. The molecule has 0 aliphatic carbocycles. The fourth-order valence-corrected chi connectivity index (χ4v) is 2.73. The van der Waals surface area contributed by atoms with E-state index in [0.717, 1.165) is 16.9 Å². The summed E-state index contributed by atoms with van der Waals surface area (Å²) in [5, 5.41) is 5.36. The maximum atomic E-state index is 6.19. The Labute approximate surface area is 156 Å². The van der Waals surface area contributed by atoms with Crippen LogP contribution < -0.4 is 10.2 Å². The molecule has 4 nitrogen and oxygen atoms in total. The Morgan fingerprint density at radius 1 is 1.12 bits per heavy atom. The van der Waals surface area contributed by atoms with Crippen LogP contribution in [0.15, 0.2) is 64.1 Å². The van der Waals surface area contributed by atoms with E-state index in [4.69, 9.17) is 32.4 Å². The second kappa shape index (κ2) is 8.10. The highest BCUT2D eigenvalue weighted by atomic mass is 35.5. The Morgan fingerprint density at radius 3 is 2.80 bits per heavy atom. The van der Waals surface area contributed by atoms with E-state index in [9.17, 15) is 0 Å². The van der Waals surface area contributed by atoms with Gasteiger partial charge in [-0.1, -0.05) is 41.4 Å². The van der Waals surface area contributed by atoms with Crippen molar-refractivity contribution in [2.24, 2.45) is 5.10 Å². The first-order chi connectivity index (χ1) is 12.2. The summed E-state index contributed by atoms with van der Waals surface area (Å²) in [7, 11) is 1.65. The minimum atomic E-state index is 0.550. The SMILES string of the molecule is COc1ccccc1CN/N=C\c1ccc(-c2cc(Cl)ccc2Cl)o1. The number of halogens is 2. The van der Waals surface area contributed by atoms with Crippen LogP contribution in [0.2, 0.25) is 10.0 Å². The lowest BCUT2D eigenvalue weighted by Gasteiger charge is -2.06. The number of nitrogens with zero attached hydrogens (tertiary/aromatic N) is 1. The van der Waals surface area contributed by atoms with Crippen LogP contribution in [0.5, 0.6) is 5.75 Å². The molecule has 0 unspecified atom stereocenters. The summed E-state index contributed by atoms with van der Waals surface area (Å²) in [6.07, 6.45) is 1.61. The van der Waals surface area contributed by atoms with Crippen LogP contribution in [0, 0.1) is 0 Å². The van der Waals surface area contributed by atoms with Gasteiger partial charge in [-0.05, 0) is 36.4 Å². The van der Waals surface area contributed by atoms with Gasteiger partial charge in [-0.3, -0.25) is 0 Å². The van der Waals surface area contributed by atoms with E-state index in [0.29, 0.717) is 28.1 Å². The first-order valence-corrected chi connectivity index (χ1v) is 8.36. The van der Waals surface area contributed by atoms with Crippen molar-refractivity contribution in [3.05, 3.63) is 76.0 Å². The predicted molar refractivity (Wildman–Crippen MR) is 102 cm³/mol. The van der Waals surface area contributed by atoms with Gasteiger partial charge in [0.05, 0.1) is 24.9 Å². The molecular weight excluding hydrogens is 359 g/mol. The second-order valence-corrected chi connectivity index (χ2v) is 6.07. The van der Waals surface area contributed by atoms with Gasteiger partial charge in [-0.25, -0.2) is 0 Å². The van der Waals surface area contributed by atoms with Crippen molar-refractivity contribution < 1.29 is 9.15 Å². The van der Waals surface area contributed by atoms with Crippen LogP contribution in [0.4, 0.5) is 0 Å². The molecule has 25 heavy (non-hydrogen) atoms. The van der Waals surface area contributed by atoms with E-state index in [-0.39, 0.29) is 0 Å². The van der Waals surface area contributed by atoms with Gasteiger partial charge in [0.25, 0.3) is 0 Å². The van der Waals surface area contributed by atoms with Gasteiger partial charge < -0.3 is 14.6 Å². The van der Waals surface area contributed by atoms with Crippen LogP contribution in [-0.4, -0.2) is 13.3 Å². The summed E-state index contributed by atoms with van der Waals surface area (Å²) in [5.41, 5.74) is 4.74. The molecule has 0 saturated carbocycles. The van der Waals surface area contributed by atoms with Gasteiger partial charge in [0.1, 0.15) is 17.3 Å². The average Bonchev–Trinajstić information content (AvgIpc) is 3.10. The Kier molecular flexibility index (Phi) is 5.64. The van der Waals surface area contributed by atoms with E-state index in [1.54, 1.807) is 31.5 Å². The molecule has 0 aliphatic heterocycles. The number of rotatable bonds is 6. The fourth-order valence-electron chi connectivity index (χ4n) is 2.34. The van der Waals surface area contributed by atoms with Crippen LogP contribution >= 0.6 is 23.2 Å². The zero-order valence-corrected chi connectivity index (χ0v) is 15.0. The Morgan fingerprint density at radius 2 is 1.96 bits per heavy atom. The second-order valence-electron chi connectivity index (χ2n) is 5.23. The number of hydrogen-bond acceptors (Lipinski definition) is 4. The summed E-state index contributed by atoms with van der Waals surface area (Å²) in [6, 6.07) is 16.7. The van der Waals surface area contributed by atoms with Crippen LogP contribution in [-0.2, 0) is 6.54 Å². The highest BCUT2D eigenvalue weighted by Gasteiger charge is 2.08. The maximum absolute atomic E-state index is 6.19. The molecule has 128 valence electrons. The van der Waals surface area contributed by atoms with E-state index in [1.807, 2.05) is 36.4 Å². The van der Waals surface area contributed by atoms with E-state index < -0.39 is 0 Å². The van der Waals surface area contributed by atoms with E-state index in [2.05, 4.69) is 10.5 Å². The van der Waals surface area contributed by atoms with Crippen molar-refractivity contribution in [2.75, 3.05) is 7.11 Å². The standard InChI is InChI=1S/C19H16Cl2N2O2/c1-24-18-5-3-2-4-13(18)11-22-23-12-15-7-9-19(25-15)16-10-14(20)6-8-17(16)21/h2-10,12,22H,11H2,1H3/b23-12-. The third kappa shape index (κ3) is 4.35. The minimum absolute atomic E-state index is 0.550. The zero-order chi connectivity index (χ0) is 17.6. The molecule has 2 aromatic carbocycles. The monoisotopic (exact) mass is 374 g/mol. The molecular formula is C19H16Cl2N2O2. The molecule has 0 radical (unpaired) electrons. The molecule has 3 rings (SSSR count). The number of methoxy groups -OCH3 is 1. The van der Waals surface area contributed by atoms with E-state index >= 15 is 0 Å². The molecule has 0 aliphatic rings. The minimum Gasteiger partial charge on any atom is -0.496 e. The molecule has 0 spiro atoms. The number of nitrogens with one attached hydrogen (secondary N) is 1. The first-order valence-electron chi connectivity index (χ1n) is 7.60. The summed E-state index contributed by atoms with van der Waals surface area (Å²) in [5.74, 6) is 2.07. The maximum Gasteiger partial charge on any atom is 0.147 e. The third-order valence-corrected chi connectivity index (χ3v) is 4.13. The molecule has 1 heterocycles. The number of ether oxygens (including phenoxy) is 1. The predicted octanol–water partition coefficient (Wildman–Crippen LogP) is 5.39. The van der Waals surface area contributed by atoms with Crippen molar-refractivity contribution >= 4 is 29.4 Å².